The molecule has 0 heterocycles. The van der Waals surface area contributed by atoms with Crippen molar-refractivity contribution in [2.24, 2.45) is 5.73 Å². The Bertz CT molecular complexity index is 634. The molecule has 0 saturated carbocycles. The van der Waals surface area contributed by atoms with Crippen molar-refractivity contribution in [1.29, 1.82) is 0 Å². The zero-order valence-corrected chi connectivity index (χ0v) is 14.7. The van der Waals surface area contributed by atoms with Gasteiger partial charge in [-0.2, -0.15) is 0 Å². The molecule has 112 valence electrons. The van der Waals surface area contributed by atoms with Crippen molar-refractivity contribution in [1.82, 2.24) is 0 Å². The maximum Gasteiger partial charge on any atom is 0.141 e. The quantitative estimate of drug-likeness (QED) is 0.705. The van der Waals surface area contributed by atoms with Crippen molar-refractivity contribution in [3.05, 3.63) is 56.7 Å². The first-order chi connectivity index (χ1) is 9.99. The van der Waals surface area contributed by atoms with Crippen LogP contribution in [0.25, 0.3) is 0 Å². The van der Waals surface area contributed by atoms with Gasteiger partial charge in [0.2, 0.25) is 0 Å². The predicted molar refractivity (Wildman–Crippen MR) is 90.3 cm³/mol. The van der Waals surface area contributed by atoms with Crippen molar-refractivity contribution >= 4 is 31.9 Å². The van der Waals surface area contributed by atoms with Gasteiger partial charge in [0.15, 0.2) is 0 Å². The summed E-state index contributed by atoms with van der Waals surface area (Å²) >= 11 is 6.55. The molecular weight excluding hydrogens is 401 g/mol. The number of nitrogens with two attached hydrogens (primary N) is 1. The summed E-state index contributed by atoms with van der Waals surface area (Å²) in [6, 6.07) is 10.6. The van der Waals surface area contributed by atoms with E-state index in [9.17, 15) is 4.39 Å². The van der Waals surface area contributed by atoms with E-state index < -0.39 is 0 Å². The van der Waals surface area contributed by atoms with Crippen molar-refractivity contribution in [3.63, 3.8) is 0 Å². The smallest absolute Gasteiger partial charge is 0.141 e. The summed E-state index contributed by atoms with van der Waals surface area (Å²) in [5.74, 6) is 0.796. The molecule has 2 aromatic rings. The fourth-order valence-electron chi connectivity index (χ4n) is 1.89. The van der Waals surface area contributed by atoms with E-state index >= 15 is 0 Å². The Morgan fingerprint density at radius 2 is 1.95 bits per heavy atom. The third-order valence-electron chi connectivity index (χ3n) is 3.15. The van der Waals surface area contributed by atoms with Crippen LogP contribution in [0.1, 0.15) is 18.9 Å². The molecule has 2 aromatic carbocycles. The van der Waals surface area contributed by atoms with Crippen LogP contribution in [-0.2, 0) is 6.42 Å². The third kappa shape index (κ3) is 4.53. The molecule has 2 N–H and O–H groups in total. The summed E-state index contributed by atoms with van der Waals surface area (Å²) in [4.78, 5) is 0. The molecule has 1 atom stereocenters. The van der Waals surface area contributed by atoms with Gasteiger partial charge in [-0.15, -0.1) is 0 Å². The van der Waals surface area contributed by atoms with E-state index in [0.717, 1.165) is 22.9 Å². The Morgan fingerprint density at radius 3 is 2.62 bits per heavy atom. The van der Waals surface area contributed by atoms with Crippen molar-refractivity contribution in [3.8, 4) is 11.5 Å². The minimum Gasteiger partial charge on any atom is -0.457 e. The molecule has 21 heavy (non-hydrogen) atoms. The average molecular weight is 417 g/mol. The van der Waals surface area contributed by atoms with E-state index in [1.165, 1.54) is 6.07 Å². The normalized spacial score (nSPS) is 12.2. The van der Waals surface area contributed by atoms with Crippen LogP contribution in [0.4, 0.5) is 4.39 Å². The van der Waals surface area contributed by atoms with E-state index in [2.05, 4.69) is 31.9 Å². The third-order valence-corrected chi connectivity index (χ3v) is 4.29. The van der Waals surface area contributed by atoms with Crippen LogP contribution >= 0.6 is 31.9 Å². The highest BCUT2D eigenvalue weighted by molar-refractivity contribution is 9.10. The van der Waals surface area contributed by atoms with Crippen LogP contribution in [0.2, 0.25) is 0 Å². The van der Waals surface area contributed by atoms with E-state index in [1.807, 2.05) is 25.1 Å². The maximum absolute atomic E-state index is 13.6. The van der Waals surface area contributed by atoms with Gasteiger partial charge in [0, 0.05) is 16.6 Å². The first-order valence-electron chi connectivity index (χ1n) is 6.66. The van der Waals surface area contributed by atoms with Gasteiger partial charge in [0.1, 0.15) is 17.3 Å². The second kappa shape index (κ2) is 7.38. The average Bonchev–Trinajstić information content (AvgIpc) is 2.45. The Balaban J connectivity index is 2.28. The number of hydrogen-bond acceptors (Lipinski definition) is 2. The summed E-state index contributed by atoms with van der Waals surface area (Å²) in [5, 5.41) is 0. The van der Waals surface area contributed by atoms with Gasteiger partial charge in [-0.05, 0) is 58.6 Å². The molecular formula is C16H16Br2FNO. The number of hydrogen-bond donors (Lipinski definition) is 1. The summed E-state index contributed by atoms with van der Waals surface area (Å²) in [7, 11) is 0. The molecule has 2 nitrogen and oxygen atoms in total. The van der Waals surface area contributed by atoms with Crippen molar-refractivity contribution in [2.45, 2.75) is 25.8 Å². The molecule has 0 bridgehead atoms. The van der Waals surface area contributed by atoms with Crippen LogP contribution in [-0.4, -0.2) is 6.04 Å². The fourth-order valence-corrected chi connectivity index (χ4v) is 2.47. The summed E-state index contributed by atoms with van der Waals surface area (Å²) in [6.45, 7) is 2.05. The van der Waals surface area contributed by atoms with Crippen LogP contribution in [0.5, 0.6) is 11.5 Å². The molecule has 0 fully saturated rings. The van der Waals surface area contributed by atoms with Crippen LogP contribution in [0.3, 0.4) is 0 Å². The van der Waals surface area contributed by atoms with Gasteiger partial charge in [-0.3, -0.25) is 0 Å². The number of rotatable bonds is 5. The van der Waals surface area contributed by atoms with Crippen LogP contribution in [0.15, 0.2) is 45.3 Å². The maximum atomic E-state index is 13.6. The second-order valence-corrected chi connectivity index (χ2v) is 6.57. The molecule has 2 rings (SSSR count). The molecule has 5 heteroatoms. The SMILES string of the molecule is CCC(N)Cc1ccc(Br)cc1Oc1ccc(Br)c(F)c1. The van der Waals surface area contributed by atoms with E-state index in [4.69, 9.17) is 10.5 Å². The van der Waals surface area contributed by atoms with Gasteiger partial charge in [0.05, 0.1) is 4.47 Å². The fraction of sp³-hybridized carbons (Fsp3) is 0.250. The van der Waals surface area contributed by atoms with Gasteiger partial charge < -0.3 is 10.5 Å². The van der Waals surface area contributed by atoms with E-state index in [-0.39, 0.29) is 11.9 Å². The highest BCUT2D eigenvalue weighted by Crippen LogP contribution is 2.31. The Hall–Kier alpha value is -0.910. The molecule has 0 saturated heterocycles. The van der Waals surface area contributed by atoms with Gasteiger partial charge in [0.25, 0.3) is 0 Å². The van der Waals surface area contributed by atoms with Gasteiger partial charge >= 0.3 is 0 Å². The van der Waals surface area contributed by atoms with E-state index in [0.29, 0.717) is 16.0 Å². The highest BCUT2D eigenvalue weighted by Gasteiger charge is 2.10. The molecule has 0 aliphatic carbocycles. The topological polar surface area (TPSA) is 35.2 Å². The molecule has 0 spiro atoms. The lowest BCUT2D eigenvalue weighted by molar-refractivity contribution is 0.466. The minimum absolute atomic E-state index is 0.0789. The van der Waals surface area contributed by atoms with Gasteiger partial charge in [-0.1, -0.05) is 28.9 Å². The van der Waals surface area contributed by atoms with Crippen molar-refractivity contribution < 1.29 is 9.13 Å². The lowest BCUT2D eigenvalue weighted by Gasteiger charge is -2.15. The largest absolute Gasteiger partial charge is 0.457 e. The summed E-state index contributed by atoms with van der Waals surface area (Å²) < 4.78 is 20.7. The zero-order chi connectivity index (χ0) is 15.4. The molecule has 1 unspecified atom stereocenters. The first-order valence-corrected chi connectivity index (χ1v) is 8.25. The summed E-state index contributed by atoms with van der Waals surface area (Å²) in [5.41, 5.74) is 7.03. The molecule has 0 aliphatic heterocycles. The Labute approximate surface area is 140 Å². The molecule has 0 amide bonds. The highest BCUT2D eigenvalue weighted by atomic mass is 79.9. The molecule has 0 radical (unpaired) electrons. The Morgan fingerprint density at radius 1 is 1.19 bits per heavy atom. The number of ether oxygens (including phenoxy) is 1. The Kier molecular flexibility index (Phi) is 5.79. The monoisotopic (exact) mass is 415 g/mol. The minimum atomic E-state index is -0.352. The van der Waals surface area contributed by atoms with E-state index in [1.54, 1.807) is 12.1 Å². The lowest BCUT2D eigenvalue weighted by Crippen LogP contribution is -2.21. The summed E-state index contributed by atoms with van der Waals surface area (Å²) in [6.07, 6.45) is 1.61. The predicted octanol–water partition coefficient (Wildman–Crippen LogP) is 5.42. The van der Waals surface area contributed by atoms with Crippen LogP contribution in [0, 0.1) is 5.82 Å². The standard InChI is InChI=1S/C16H16Br2FNO/c1-2-12(20)7-10-3-4-11(17)8-16(10)21-13-5-6-14(18)15(19)9-13/h3-6,8-9,12H,2,7,20H2,1H3. The number of benzene rings is 2. The van der Waals surface area contributed by atoms with Gasteiger partial charge in [-0.25, -0.2) is 4.39 Å². The molecule has 0 aromatic heterocycles. The van der Waals surface area contributed by atoms with Crippen LogP contribution < -0.4 is 10.5 Å². The first kappa shape index (κ1) is 16.5. The lowest BCUT2D eigenvalue weighted by atomic mass is 10.0. The second-order valence-electron chi connectivity index (χ2n) is 4.80. The van der Waals surface area contributed by atoms with Crippen molar-refractivity contribution in [2.75, 3.05) is 0 Å². The zero-order valence-electron chi connectivity index (χ0n) is 11.6. The molecule has 0 aliphatic rings. The number of halogens is 3.